The van der Waals surface area contributed by atoms with Crippen molar-refractivity contribution in [3.8, 4) is 0 Å². The van der Waals surface area contributed by atoms with Crippen LogP contribution in [0.5, 0.6) is 0 Å². The Morgan fingerprint density at radius 1 is 1.41 bits per heavy atom. The fourth-order valence-corrected chi connectivity index (χ4v) is 1.50. The highest BCUT2D eigenvalue weighted by Gasteiger charge is 2.30. The normalized spacial score (nSPS) is 15.0. The number of halogens is 1. The summed E-state index contributed by atoms with van der Waals surface area (Å²) in [6.07, 6.45) is 0. The van der Waals surface area contributed by atoms with Crippen LogP contribution < -0.4 is 10.2 Å². The topological polar surface area (TPSA) is 86.7 Å². The summed E-state index contributed by atoms with van der Waals surface area (Å²) in [6, 6.07) is 2.39. The summed E-state index contributed by atoms with van der Waals surface area (Å²) >= 11 is 0. The molecule has 0 saturated carbocycles. The highest BCUT2D eigenvalue weighted by molar-refractivity contribution is 6.19. The number of hydrogen-bond donors (Lipinski definition) is 2. The van der Waals surface area contributed by atoms with E-state index in [9.17, 15) is 18.8 Å². The standard InChI is InChI=1S/C10H7FN2O4/c11-7-3-5(1-2-6(7)9(15)16)13-8(14)4-12-10(13)17/h1-3H,4H2,(H,12,17)(H,15,16). The summed E-state index contributed by atoms with van der Waals surface area (Å²) < 4.78 is 13.4. The van der Waals surface area contributed by atoms with Crippen molar-refractivity contribution in [2.45, 2.75) is 0 Å². The number of anilines is 1. The van der Waals surface area contributed by atoms with Gasteiger partial charge in [-0.2, -0.15) is 0 Å². The SMILES string of the molecule is O=C(O)c1ccc(N2C(=O)CNC2=O)cc1F. The minimum Gasteiger partial charge on any atom is -0.478 e. The molecule has 1 aliphatic heterocycles. The van der Waals surface area contributed by atoms with E-state index in [2.05, 4.69) is 5.32 Å². The van der Waals surface area contributed by atoms with Gasteiger partial charge in [-0.05, 0) is 18.2 Å². The van der Waals surface area contributed by atoms with Crippen LogP contribution in [0.1, 0.15) is 10.4 Å². The number of urea groups is 1. The predicted octanol–water partition coefficient (Wildman–Crippen LogP) is 0.580. The lowest BCUT2D eigenvalue weighted by Gasteiger charge is -2.12. The predicted molar refractivity (Wildman–Crippen MR) is 54.2 cm³/mol. The summed E-state index contributed by atoms with van der Waals surface area (Å²) in [6.45, 7) is -0.152. The molecular weight excluding hydrogens is 231 g/mol. The molecule has 0 aromatic heterocycles. The molecule has 88 valence electrons. The number of nitrogens with zero attached hydrogens (tertiary/aromatic N) is 1. The number of carbonyl (C=O) groups excluding carboxylic acids is 2. The molecule has 1 aliphatic rings. The third-order valence-electron chi connectivity index (χ3n) is 2.28. The van der Waals surface area contributed by atoms with Gasteiger partial charge < -0.3 is 10.4 Å². The first kappa shape index (κ1) is 11.1. The molecule has 1 saturated heterocycles. The van der Waals surface area contributed by atoms with Crippen LogP contribution in [0.15, 0.2) is 18.2 Å². The molecule has 0 unspecified atom stereocenters. The Morgan fingerprint density at radius 3 is 2.59 bits per heavy atom. The molecule has 0 bridgehead atoms. The minimum atomic E-state index is -1.41. The molecule has 2 N–H and O–H groups in total. The summed E-state index contributed by atoms with van der Waals surface area (Å²) in [5.74, 6) is -2.92. The Hall–Kier alpha value is -2.44. The third-order valence-corrected chi connectivity index (χ3v) is 2.28. The second kappa shape index (κ2) is 3.85. The molecule has 0 aliphatic carbocycles. The van der Waals surface area contributed by atoms with E-state index >= 15 is 0 Å². The van der Waals surface area contributed by atoms with Gasteiger partial charge >= 0.3 is 12.0 Å². The number of carbonyl (C=O) groups is 3. The second-order valence-electron chi connectivity index (χ2n) is 3.36. The zero-order chi connectivity index (χ0) is 12.6. The number of aromatic carboxylic acids is 1. The van der Waals surface area contributed by atoms with Crippen LogP contribution in [-0.4, -0.2) is 29.6 Å². The number of hydrogen-bond acceptors (Lipinski definition) is 3. The molecule has 0 radical (unpaired) electrons. The lowest BCUT2D eigenvalue weighted by atomic mass is 10.2. The molecule has 2 rings (SSSR count). The Bertz CT molecular complexity index is 513. The van der Waals surface area contributed by atoms with Gasteiger partial charge in [0, 0.05) is 0 Å². The van der Waals surface area contributed by atoms with Crippen LogP contribution in [0.3, 0.4) is 0 Å². The van der Waals surface area contributed by atoms with Crippen LogP contribution >= 0.6 is 0 Å². The number of imide groups is 1. The van der Waals surface area contributed by atoms with E-state index in [1.807, 2.05) is 0 Å². The third kappa shape index (κ3) is 1.82. The maximum atomic E-state index is 13.4. The molecule has 7 heteroatoms. The Morgan fingerprint density at radius 2 is 2.12 bits per heavy atom. The zero-order valence-corrected chi connectivity index (χ0v) is 8.44. The van der Waals surface area contributed by atoms with Gasteiger partial charge in [0.2, 0.25) is 0 Å². The average Bonchev–Trinajstić information content (AvgIpc) is 2.58. The van der Waals surface area contributed by atoms with Crippen LogP contribution in [0.2, 0.25) is 0 Å². The Kier molecular flexibility index (Phi) is 2.51. The van der Waals surface area contributed by atoms with Crippen molar-refractivity contribution in [2.24, 2.45) is 0 Å². The van der Waals surface area contributed by atoms with Crippen LogP contribution in [0.25, 0.3) is 0 Å². The summed E-state index contributed by atoms with van der Waals surface area (Å²) in [4.78, 5) is 33.9. The van der Waals surface area contributed by atoms with E-state index < -0.39 is 29.3 Å². The largest absolute Gasteiger partial charge is 0.478 e. The fourth-order valence-electron chi connectivity index (χ4n) is 1.50. The molecule has 1 aromatic carbocycles. The van der Waals surface area contributed by atoms with Crippen molar-refractivity contribution in [3.63, 3.8) is 0 Å². The molecule has 1 heterocycles. The van der Waals surface area contributed by atoms with Gasteiger partial charge in [-0.15, -0.1) is 0 Å². The monoisotopic (exact) mass is 238 g/mol. The molecule has 6 nitrogen and oxygen atoms in total. The average molecular weight is 238 g/mol. The van der Waals surface area contributed by atoms with Gasteiger partial charge in [0.05, 0.1) is 17.8 Å². The van der Waals surface area contributed by atoms with Crippen LogP contribution in [0, 0.1) is 5.82 Å². The number of carboxylic acid groups (broad SMARTS) is 1. The van der Waals surface area contributed by atoms with Crippen molar-refractivity contribution in [1.29, 1.82) is 0 Å². The van der Waals surface area contributed by atoms with Crippen molar-refractivity contribution in [3.05, 3.63) is 29.6 Å². The molecule has 0 spiro atoms. The van der Waals surface area contributed by atoms with Crippen LogP contribution in [0.4, 0.5) is 14.9 Å². The highest BCUT2D eigenvalue weighted by Crippen LogP contribution is 2.20. The van der Waals surface area contributed by atoms with E-state index in [0.717, 1.165) is 17.0 Å². The van der Waals surface area contributed by atoms with E-state index in [4.69, 9.17) is 5.11 Å². The Labute approximate surface area is 94.6 Å². The first-order chi connectivity index (χ1) is 8.00. The molecule has 0 atom stereocenters. The molecular formula is C10H7FN2O4. The Balaban J connectivity index is 2.41. The smallest absolute Gasteiger partial charge is 0.338 e. The van der Waals surface area contributed by atoms with E-state index in [1.165, 1.54) is 6.07 Å². The van der Waals surface area contributed by atoms with E-state index in [0.29, 0.717) is 0 Å². The summed E-state index contributed by atoms with van der Waals surface area (Å²) in [5.41, 5.74) is -0.506. The molecule has 1 aromatic rings. The fraction of sp³-hybridized carbons (Fsp3) is 0.100. The van der Waals surface area contributed by atoms with Gasteiger partial charge in [0.1, 0.15) is 5.82 Å². The first-order valence-corrected chi connectivity index (χ1v) is 4.64. The molecule has 17 heavy (non-hydrogen) atoms. The number of nitrogens with one attached hydrogen (secondary N) is 1. The van der Waals surface area contributed by atoms with Gasteiger partial charge in [0.15, 0.2) is 0 Å². The molecule has 1 fully saturated rings. The first-order valence-electron chi connectivity index (χ1n) is 4.64. The number of carboxylic acids is 1. The van der Waals surface area contributed by atoms with Crippen molar-refractivity contribution in [2.75, 3.05) is 11.4 Å². The van der Waals surface area contributed by atoms with Crippen LogP contribution in [-0.2, 0) is 4.79 Å². The second-order valence-corrected chi connectivity index (χ2v) is 3.36. The minimum absolute atomic E-state index is 0.00694. The summed E-state index contributed by atoms with van der Waals surface area (Å²) in [5, 5.41) is 10.9. The van der Waals surface area contributed by atoms with Gasteiger partial charge in [-0.3, -0.25) is 4.79 Å². The number of benzene rings is 1. The van der Waals surface area contributed by atoms with Gasteiger partial charge in [0.25, 0.3) is 5.91 Å². The maximum Gasteiger partial charge on any atom is 0.338 e. The highest BCUT2D eigenvalue weighted by atomic mass is 19.1. The van der Waals surface area contributed by atoms with E-state index in [-0.39, 0.29) is 12.2 Å². The van der Waals surface area contributed by atoms with Gasteiger partial charge in [-0.25, -0.2) is 18.9 Å². The van der Waals surface area contributed by atoms with E-state index in [1.54, 1.807) is 0 Å². The summed E-state index contributed by atoms with van der Waals surface area (Å²) in [7, 11) is 0. The van der Waals surface area contributed by atoms with Gasteiger partial charge in [-0.1, -0.05) is 0 Å². The zero-order valence-electron chi connectivity index (χ0n) is 8.44. The van der Waals surface area contributed by atoms with Crippen molar-refractivity contribution < 1.29 is 23.9 Å². The van der Waals surface area contributed by atoms with Crippen molar-refractivity contribution >= 4 is 23.6 Å². The lowest BCUT2D eigenvalue weighted by molar-refractivity contribution is -0.115. The van der Waals surface area contributed by atoms with Crippen molar-refractivity contribution in [1.82, 2.24) is 5.32 Å². The lowest BCUT2D eigenvalue weighted by Crippen LogP contribution is -2.30. The number of rotatable bonds is 2. The number of amides is 3. The maximum absolute atomic E-state index is 13.4. The molecule has 3 amide bonds. The quantitative estimate of drug-likeness (QED) is 0.738.